The number of benzene rings is 1. The van der Waals surface area contributed by atoms with Gasteiger partial charge in [-0.1, -0.05) is 11.6 Å². The molecule has 1 atom stereocenters. The van der Waals surface area contributed by atoms with Gasteiger partial charge in [0, 0.05) is 24.1 Å². The zero-order chi connectivity index (χ0) is 14.4. The van der Waals surface area contributed by atoms with Gasteiger partial charge in [-0.3, -0.25) is 0 Å². The van der Waals surface area contributed by atoms with Crippen LogP contribution in [0.25, 0.3) is 0 Å². The van der Waals surface area contributed by atoms with Crippen molar-refractivity contribution in [2.24, 2.45) is 5.41 Å². The van der Waals surface area contributed by atoms with Gasteiger partial charge in [0.1, 0.15) is 0 Å². The van der Waals surface area contributed by atoms with Gasteiger partial charge in [0.25, 0.3) is 0 Å². The minimum Gasteiger partial charge on any atom is -0.316 e. The van der Waals surface area contributed by atoms with Gasteiger partial charge in [-0.25, -0.2) is 8.42 Å². The first-order valence-electron chi connectivity index (χ1n) is 6.59. The van der Waals surface area contributed by atoms with Crippen LogP contribution in [0, 0.1) is 5.41 Å². The lowest BCUT2D eigenvalue weighted by atomic mass is 9.87. The number of halogens is 3. The third-order valence-electron chi connectivity index (χ3n) is 4.26. The maximum absolute atomic E-state index is 12.7. The fourth-order valence-electron chi connectivity index (χ4n) is 3.03. The Morgan fingerprint density at radius 1 is 1.33 bits per heavy atom. The van der Waals surface area contributed by atoms with Crippen molar-refractivity contribution in [3.63, 3.8) is 0 Å². The molecule has 2 aliphatic rings. The van der Waals surface area contributed by atoms with Crippen LogP contribution in [0.1, 0.15) is 12.8 Å². The SMILES string of the molecule is Cl.O=S(=O)(c1ccc(Cl)c(Br)c1)N1CCC2(CCNC2)C1. The molecule has 0 radical (unpaired) electrons. The molecule has 0 saturated carbocycles. The number of nitrogens with zero attached hydrogens (tertiary/aromatic N) is 1. The Morgan fingerprint density at radius 2 is 2.10 bits per heavy atom. The summed E-state index contributed by atoms with van der Waals surface area (Å²) in [6.07, 6.45) is 2.00. The van der Waals surface area contributed by atoms with E-state index in [2.05, 4.69) is 21.2 Å². The van der Waals surface area contributed by atoms with Crippen LogP contribution in [0.2, 0.25) is 5.02 Å². The van der Waals surface area contributed by atoms with Gasteiger partial charge in [-0.05, 0) is 58.9 Å². The zero-order valence-corrected chi connectivity index (χ0v) is 15.3. The molecule has 0 bridgehead atoms. The molecule has 0 aliphatic carbocycles. The number of nitrogens with one attached hydrogen (secondary N) is 1. The molecular formula is C13H17BrCl2N2O2S. The predicted octanol–water partition coefficient (Wildman–Crippen LogP) is 2.90. The van der Waals surface area contributed by atoms with Gasteiger partial charge < -0.3 is 5.32 Å². The minimum absolute atomic E-state index is 0. The molecule has 1 spiro atoms. The summed E-state index contributed by atoms with van der Waals surface area (Å²) in [5.74, 6) is 0. The highest BCUT2D eigenvalue weighted by atomic mass is 79.9. The van der Waals surface area contributed by atoms with Crippen molar-refractivity contribution in [2.75, 3.05) is 26.2 Å². The van der Waals surface area contributed by atoms with Crippen LogP contribution in [-0.2, 0) is 10.0 Å². The molecule has 2 heterocycles. The van der Waals surface area contributed by atoms with Gasteiger partial charge in [0.15, 0.2) is 0 Å². The fraction of sp³-hybridized carbons (Fsp3) is 0.538. The number of hydrogen-bond donors (Lipinski definition) is 1. The molecule has 3 rings (SSSR count). The molecule has 1 N–H and O–H groups in total. The quantitative estimate of drug-likeness (QED) is 0.807. The first-order valence-corrected chi connectivity index (χ1v) is 9.20. The maximum atomic E-state index is 12.7. The fourth-order valence-corrected chi connectivity index (χ4v) is 5.26. The lowest BCUT2D eigenvalue weighted by molar-refractivity contribution is 0.338. The van der Waals surface area contributed by atoms with Crippen LogP contribution < -0.4 is 5.32 Å². The van der Waals surface area contributed by atoms with Crippen molar-refractivity contribution in [3.8, 4) is 0 Å². The number of sulfonamides is 1. The molecule has 2 fully saturated rings. The Balaban J connectivity index is 0.00000161. The molecule has 1 unspecified atom stereocenters. The average Bonchev–Trinajstić information content (AvgIpc) is 3.04. The van der Waals surface area contributed by atoms with Crippen molar-refractivity contribution in [1.82, 2.24) is 9.62 Å². The Bertz CT molecular complexity index is 633. The summed E-state index contributed by atoms with van der Waals surface area (Å²) in [6, 6.07) is 4.76. The molecule has 1 aromatic carbocycles. The second-order valence-electron chi connectivity index (χ2n) is 5.59. The Morgan fingerprint density at radius 3 is 2.71 bits per heavy atom. The highest BCUT2D eigenvalue weighted by molar-refractivity contribution is 9.10. The van der Waals surface area contributed by atoms with Crippen LogP contribution >= 0.6 is 39.9 Å². The van der Waals surface area contributed by atoms with Crippen molar-refractivity contribution < 1.29 is 8.42 Å². The zero-order valence-electron chi connectivity index (χ0n) is 11.3. The summed E-state index contributed by atoms with van der Waals surface area (Å²) in [7, 11) is -3.42. The third-order valence-corrected chi connectivity index (χ3v) is 7.32. The van der Waals surface area contributed by atoms with Gasteiger partial charge in [-0.15, -0.1) is 12.4 Å². The van der Waals surface area contributed by atoms with E-state index in [1.165, 1.54) is 0 Å². The van der Waals surface area contributed by atoms with E-state index in [9.17, 15) is 8.42 Å². The summed E-state index contributed by atoms with van der Waals surface area (Å²) >= 11 is 9.21. The first kappa shape index (κ1) is 17.5. The highest BCUT2D eigenvalue weighted by Crippen LogP contribution is 2.38. The number of hydrogen-bond acceptors (Lipinski definition) is 3. The van der Waals surface area contributed by atoms with E-state index in [1.807, 2.05) is 0 Å². The van der Waals surface area contributed by atoms with Crippen LogP contribution in [0.4, 0.5) is 0 Å². The van der Waals surface area contributed by atoms with E-state index < -0.39 is 10.0 Å². The summed E-state index contributed by atoms with van der Waals surface area (Å²) < 4.78 is 27.6. The van der Waals surface area contributed by atoms with Crippen LogP contribution in [-0.4, -0.2) is 38.9 Å². The van der Waals surface area contributed by atoms with Crippen molar-refractivity contribution in [2.45, 2.75) is 17.7 Å². The topological polar surface area (TPSA) is 49.4 Å². The second kappa shape index (κ2) is 6.34. The number of rotatable bonds is 2. The summed E-state index contributed by atoms with van der Waals surface area (Å²) in [5, 5.41) is 3.85. The molecule has 8 heteroatoms. The summed E-state index contributed by atoms with van der Waals surface area (Å²) in [5.41, 5.74) is 0.136. The van der Waals surface area contributed by atoms with E-state index in [0.717, 1.165) is 25.9 Å². The molecule has 1 aromatic rings. The highest BCUT2D eigenvalue weighted by Gasteiger charge is 2.44. The second-order valence-corrected chi connectivity index (χ2v) is 8.79. The van der Waals surface area contributed by atoms with Crippen molar-refractivity contribution in [1.29, 1.82) is 0 Å². The van der Waals surface area contributed by atoms with Crippen molar-refractivity contribution in [3.05, 3.63) is 27.7 Å². The van der Waals surface area contributed by atoms with Gasteiger partial charge in [0.05, 0.1) is 9.92 Å². The van der Waals surface area contributed by atoms with Crippen LogP contribution in [0.3, 0.4) is 0 Å². The first-order chi connectivity index (χ1) is 9.43. The summed E-state index contributed by atoms with van der Waals surface area (Å²) in [6.45, 7) is 3.12. The third kappa shape index (κ3) is 3.26. The lowest BCUT2D eigenvalue weighted by Crippen LogP contribution is -2.33. The van der Waals surface area contributed by atoms with E-state index in [-0.39, 0.29) is 17.8 Å². The largest absolute Gasteiger partial charge is 0.316 e. The molecule has 2 saturated heterocycles. The monoisotopic (exact) mass is 414 g/mol. The van der Waals surface area contributed by atoms with E-state index >= 15 is 0 Å². The molecule has 0 amide bonds. The van der Waals surface area contributed by atoms with Gasteiger partial charge in [0.2, 0.25) is 10.0 Å². The predicted molar refractivity (Wildman–Crippen MR) is 89.7 cm³/mol. The Kier molecular flexibility index (Phi) is 5.28. The molecule has 0 aromatic heterocycles. The Hall–Kier alpha value is 0.150. The van der Waals surface area contributed by atoms with E-state index in [1.54, 1.807) is 22.5 Å². The van der Waals surface area contributed by atoms with Crippen LogP contribution in [0.15, 0.2) is 27.6 Å². The lowest BCUT2D eigenvalue weighted by Gasteiger charge is -2.22. The molecule has 4 nitrogen and oxygen atoms in total. The van der Waals surface area contributed by atoms with E-state index in [4.69, 9.17) is 11.6 Å². The van der Waals surface area contributed by atoms with Gasteiger partial charge in [-0.2, -0.15) is 4.31 Å². The summed E-state index contributed by atoms with van der Waals surface area (Å²) in [4.78, 5) is 0.303. The molecular weight excluding hydrogens is 399 g/mol. The van der Waals surface area contributed by atoms with Crippen LogP contribution in [0.5, 0.6) is 0 Å². The normalized spacial score (nSPS) is 26.2. The van der Waals surface area contributed by atoms with E-state index in [0.29, 0.717) is 27.5 Å². The molecule has 21 heavy (non-hydrogen) atoms. The standard InChI is InChI=1S/C13H16BrClN2O2S.ClH/c14-11-7-10(1-2-12(11)15)20(18,19)17-6-4-13(9-17)3-5-16-8-13;/h1-2,7,16H,3-6,8-9H2;1H. The minimum atomic E-state index is -3.42. The van der Waals surface area contributed by atoms with Crippen molar-refractivity contribution >= 4 is 50.0 Å². The average molecular weight is 416 g/mol. The maximum Gasteiger partial charge on any atom is 0.243 e. The molecule has 2 aliphatic heterocycles. The van der Waals surface area contributed by atoms with Gasteiger partial charge >= 0.3 is 0 Å². The Labute approximate surface area is 144 Å². The smallest absolute Gasteiger partial charge is 0.243 e. The molecule has 118 valence electrons.